The molecule has 6 heteroatoms. The second-order valence-corrected chi connectivity index (χ2v) is 8.28. The van der Waals surface area contributed by atoms with E-state index < -0.39 is 23.7 Å². The zero-order chi connectivity index (χ0) is 21.7. The summed E-state index contributed by atoms with van der Waals surface area (Å²) in [7, 11) is 1.95. The highest BCUT2D eigenvalue weighted by Gasteiger charge is 2.27. The molecule has 2 aromatic carbocycles. The second-order valence-electron chi connectivity index (χ2n) is 8.28. The van der Waals surface area contributed by atoms with E-state index in [0.29, 0.717) is 6.42 Å². The monoisotopic (exact) mass is 408 g/mol. The molecule has 1 aromatic heterocycles. The molecular weight excluding hydrogens is 380 g/mol. The number of para-hydroxylation sites is 1. The number of amides is 1. The quantitative estimate of drug-likeness (QED) is 0.616. The number of alkyl carbamates (subject to hydrolysis) is 1. The van der Waals surface area contributed by atoms with Crippen molar-refractivity contribution in [2.45, 2.75) is 45.4 Å². The molecule has 158 valence electrons. The molecule has 6 nitrogen and oxygen atoms in total. The van der Waals surface area contributed by atoms with Crippen LogP contribution in [0, 0.1) is 0 Å². The Hall–Kier alpha value is -3.28. The number of aryl methyl sites for hydroxylation is 1. The first-order valence-electron chi connectivity index (χ1n) is 9.96. The van der Waals surface area contributed by atoms with E-state index in [9.17, 15) is 9.59 Å². The Morgan fingerprint density at radius 1 is 1.03 bits per heavy atom. The number of carbonyl (C=O) groups excluding carboxylic acids is 2. The van der Waals surface area contributed by atoms with Crippen molar-refractivity contribution in [1.29, 1.82) is 0 Å². The second kappa shape index (κ2) is 9.03. The number of benzene rings is 2. The molecule has 30 heavy (non-hydrogen) atoms. The summed E-state index contributed by atoms with van der Waals surface area (Å²) < 4.78 is 12.8. The average Bonchev–Trinajstić information content (AvgIpc) is 3.01. The summed E-state index contributed by atoms with van der Waals surface area (Å²) in [5.74, 6) is -0.502. The molecule has 0 aliphatic rings. The van der Waals surface area contributed by atoms with Crippen LogP contribution in [0.3, 0.4) is 0 Å². The van der Waals surface area contributed by atoms with E-state index >= 15 is 0 Å². The van der Waals surface area contributed by atoms with Gasteiger partial charge >= 0.3 is 12.1 Å². The molecule has 0 aliphatic carbocycles. The van der Waals surface area contributed by atoms with Crippen molar-refractivity contribution < 1.29 is 19.1 Å². The van der Waals surface area contributed by atoms with Gasteiger partial charge in [-0.05, 0) is 38.0 Å². The first-order valence-corrected chi connectivity index (χ1v) is 9.96. The Labute approximate surface area is 176 Å². The summed E-state index contributed by atoms with van der Waals surface area (Å²) in [5.41, 5.74) is 2.22. The van der Waals surface area contributed by atoms with E-state index in [-0.39, 0.29) is 6.61 Å². The lowest BCUT2D eigenvalue weighted by Crippen LogP contribution is -2.45. The van der Waals surface area contributed by atoms with Crippen LogP contribution in [0.4, 0.5) is 4.79 Å². The van der Waals surface area contributed by atoms with Gasteiger partial charge < -0.3 is 19.4 Å². The Bertz CT molecular complexity index is 1020. The molecule has 0 radical (unpaired) electrons. The van der Waals surface area contributed by atoms with Gasteiger partial charge in [0.2, 0.25) is 0 Å². The number of fused-ring (bicyclic) bond motifs is 1. The van der Waals surface area contributed by atoms with E-state index in [2.05, 4.69) is 5.32 Å². The zero-order valence-electron chi connectivity index (χ0n) is 17.8. The van der Waals surface area contributed by atoms with Crippen LogP contribution in [0.5, 0.6) is 0 Å². The van der Waals surface area contributed by atoms with Crippen LogP contribution in [0.2, 0.25) is 0 Å². The summed E-state index contributed by atoms with van der Waals surface area (Å²) in [5, 5.41) is 3.72. The minimum absolute atomic E-state index is 0.141. The fourth-order valence-electron chi connectivity index (χ4n) is 3.28. The Morgan fingerprint density at radius 2 is 1.70 bits per heavy atom. The third-order valence-electron chi connectivity index (χ3n) is 4.60. The topological polar surface area (TPSA) is 69.6 Å². The lowest BCUT2D eigenvalue weighted by molar-refractivity contribution is -0.147. The third kappa shape index (κ3) is 5.63. The van der Waals surface area contributed by atoms with E-state index in [1.807, 2.05) is 72.4 Å². The molecule has 1 amide bonds. The highest BCUT2D eigenvalue weighted by molar-refractivity contribution is 5.86. The predicted molar refractivity (Wildman–Crippen MR) is 116 cm³/mol. The van der Waals surface area contributed by atoms with Crippen molar-refractivity contribution in [2.75, 3.05) is 0 Å². The van der Waals surface area contributed by atoms with Crippen LogP contribution in [0.15, 0.2) is 60.8 Å². The predicted octanol–water partition coefficient (Wildman–Crippen LogP) is 4.36. The Morgan fingerprint density at radius 3 is 2.40 bits per heavy atom. The Kier molecular flexibility index (Phi) is 6.45. The third-order valence-corrected chi connectivity index (χ3v) is 4.60. The summed E-state index contributed by atoms with van der Waals surface area (Å²) in [6.07, 6.45) is 1.62. The van der Waals surface area contributed by atoms with Crippen LogP contribution in [0.1, 0.15) is 31.9 Å². The minimum atomic E-state index is -0.866. The molecule has 0 bridgehead atoms. The number of carbonyl (C=O) groups is 2. The van der Waals surface area contributed by atoms with Gasteiger partial charge in [0.25, 0.3) is 0 Å². The lowest BCUT2D eigenvalue weighted by Gasteiger charge is -2.23. The minimum Gasteiger partial charge on any atom is -0.459 e. The van der Waals surface area contributed by atoms with Crippen LogP contribution in [0.25, 0.3) is 10.9 Å². The molecule has 0 saturated carbocycles. The van der Waals surface area contributed by atoms with Gasteiger partial charge in [0.15, 0.2) is 0 Å². The van der Waals surface area contributed by atoms with Crippen molar-refractivity contribution >= 4 is 23.0 Å². The number of nitrogens with one attached hydrogen (secondary N) is 1. The molecule has 0 spiro atoms. The summed E-state index contributed by atoms with van der Waals surface area (Å²) >= 11 is 0. The number of hydrogen-bond acceptors (Lipinski definition) is 4. The number of rotatable bonds is 6. The molecular formula is C24H28N2O4. The highest BCUT2D eigenvalue weighted by atomic mass is 16.6. The van der Waals surface area contributed by atoms with Crippen molar-refractivity contribution in [2.24, 2.45) is 7.05 Å². The first kappa shape index (κ1) is 21.4. The molecule has 3 aromatic rings. The van der Waals surface area contributed by atoms with Gasteiger partial charge in [0, 0.05) is 30.6 Å². The summed E-state index contributed by atoms with van der Waals surface area (Å²) in [4.78, 5) is 25.2. The van der Waals surface area contributed by atoms with Crippen molar-refractivity contribution in [3.05, 3.63) is 71.9 Å². The number of hydrogen-bond donors (Lipinski definition) is 1. The standard InChI is InChI=1S/C24H28N2O4/c1-24(2,3)30-23(28)25-20(22(27)29-16-17-10-6-5-7-11-17)14-18-15-26(4)21-13-9-8-12-19(18)21/h5-13,15,20H,14,16H2,1-4H3,(H,25,28). The van der Waals surface area contributed by atoms with Gasteiger partial charge in [-0.3, -0.25) is 0 Å². The molecule has 1 heterocycles. The van der Waals surface area contributed by atoms with Gasteiger partial charge in [-0.1, -0.05) is 48.5 Å². The van der Waals surface area contributed by atoms with Gasteiger partial charge in [0.1, 0.15) is 18.2 Å². The number of ether oxygens (including phenoxy) is 2. The van der Waals surface area contributed by atoms with Crippen molar-refractivity contribution in [1.82, 2.24) is 9.88 Å². The van der Waals surface area contributed by atoms with Gasteiger partial charge in [-0.2, -0.15) is 0 Å². The average molecular weight is 408 g/mol. The highest BCUT2D eigenvalue weighted by Crippen LogP contribution is 2.22. The van der Waals surface area contributed by atoms with Gasteiger partial charge in [-0.25, -0.2) is 9.59 Å². The maximum Gasteiger partial charge on any atom is 0.408 e. The maximum absolute atomic E-state index is 12.9. The number of nitrogens with zero attached hydrogens (tertiary/aromatic N) is 1. The zero-order valence-corrected chi connectivity index (χ0v) is 17.8. The fourth-order valence-corrected chi connectivity index (χ4v) is 3.28. The number of aromatic nitrogens is 1. The van der Waals surface area contributed by atoms with E-state index in [4.69, 9.17) is 9.47 Å². The summed E-state index contributed by atoms with van der Waals surface area (Å²) in [6, 6.07) is 16.5. The fraction of sp³-hybridized carbons (Fsp3) is 0.333. The Balaban J connectivity index is 1.79. The van der Waals surface area contributed by atoms with E-state index in [1.165, 1.54) is 0 Å². The SMILES string of the molecule is Cn1cc(CC(NC(=O)OC(C)(C)C)C(=O)OCc2ccccc2)c2ccccc21. The molecule has 0 saturated heterocycles. The smallest absolute Gasteiger partial charge is 0.408 e. The van der Waals surface area contributed by atoms with E-state index in [1.54, 1.807) is 20.8 Å². The van der Waals surface area contributed by atoms with Gasteiger partial charge in [-0.15, -0.1) is 0 Å². The summed E-state index contributed by atoms with van der Waals surface area (Å²) in [6.45, 7) is 5.47. The van der Waals surface area contributed by atoms with Crippen LogP contribution >= 0.6 is 0 Å². The maximum atomic E-state index is 12.9. The molecule has 1 atom stereocenters. The van der Waals surface area contributed by atoms with Crippen LogP contribution < -0.4 is 5.32 Å². The lowest BCUT2D eigenvalue weighted by atomic mass is 10.1. The molecule has 3 rings (SSSR count). The molecule has 1 unspecified atom stereocenters. The van der Waals surface area contributed by atoms with Gasteiger partial charge in [0.05, 0.1) is 0 Å². The normalized spacial score (nSPS) is 12.4. The van der Waals surface area contributed by atoms with Crippen molar-refractivity contribution in [3.63, 3.8) is 0 Å². The molecule has 1 N–H and O–H groups in total. The van der Waals surface area contributed by atoms with E-state index in [0.717, 1.165) is 22.0 Å². The van der Waals surface area contributed by atoms with Crippen molar-refractivity contribution in [3.8, 4) is 0 Å². The van der Waals surface area contributed by atoms with Crippen LogP contribution in [-0.2, 0) is 34.3 Å². The number of esters is 1. The first-order chi connectivity index (χ1) is 14.2. The largest absolute Gasteiger partial charge is 0.459 e. The van der Waals surface area contributed by atoms with Crippen LogP contribution in [-0.4, -0.2) is 28.3 Å². The molecule has 0 fully saturated rings. The molecule has 0 aliphatic heterocycles.